The zero-order valence-corrected chi connectivity index (χ0v) is 17.2. The Morgan fingerprint density at radius 3 is 2.14 bits per heavy atom. The molecule has 0 saturated carbocycles. The minimum Gasteiger partial charge on any atom is -0.318 e. The smallest absolute Gasteiger partial charge is 0.271 e. The van der Waals surface area contributed by atoms with Crippen LogP contribution in [0.1, 0.15) is 37.7 Å². The van der Waals surface area contributed by atoms with Gasteiger partial charge in [-0.05, 0) is 62.9 Å². The molecule has 3 aromatic rings. The Hall–Kier alpha value is -2.99. The van der Waals surface area contributed by atoms with Gasteiger partial charge in [0.15, 0.2) is 0 Å². The van der Waals surface area contributed by atoms with Crippen molar-refractivity contribution in [3.8, 4) is 5.69 Å². The summed E-state index contributed by atoms with van der Waals surface area (Å²) in [5.74, 6) is -0.680. The molecule has 0 aliphatic rings. The van der Waals surface area contributed by atoms with E-state index in [9.17, 15) is 9.59 Å². The van der Waals surface area contributed by atoms with Crippen molar-refractivity contribution >= 4 is 23.6 Å². The average molecular weight is 394 g/mol. The van der Waals surface area contributed by atoms with E-state index in [4.69, 9.17) is 0 Å². The number of para-hydroxylation sites is 1. The van der Waals surface area contributed by atoms with E-state index >= 15 is 0 Å². The molecule has 6 heteroatoms. The Balaban J connectivity index is 1.77. The van der Waals surface area contributed by atoms with Gasteiger partial charge in [-0.15, -0.1) is 11.8 Å². The first kappa shape index (κ1) is 19.8. The molecule has 0 fully saturated rings. The van der Waals surface area contributed by atoms with Gasteiger partial charge in [0.2, 0.25) is 0 Å². The molecule has 0 atom stereocenters. The number of aryl methyl sites for hydroxylation is 2. The molecule has 2 aromatic carbocycles. The third kappa shape index (κ3) is 3.97. The summed E-state index contributed by atoms with van der Waals surface area (Å²) >= 11 is 1.56. The summed E-state index contributed by atoms with van der Waals surface area (Å²) in [7, 11) is 0. The SMILES string of the molecule is CSc1ccc(C)c(C(=O)NNC(=O)c2cc(C)n(-c3ccccc3)c2C)c1. The molecule has 1 heterocycles. The summed E-state index contributed by atoms with van der Waals surface area (Å²) in [5, 5.41) is 0. The Morgan fingerprint density at radius 2 is 1.50 bits per heavy atom. The van der Waals surface area contributed by atoms with Gasteiger partial charge in [-0.2, -0.15) is 0 Å². The molecule has 2 amide bonds. The van der Waals surface area contributed by atoms with Crippen molar-refractivity contribution in [2.24, 2.45) is 0 Å². The molecule has 0 saturated heterocycles. The van der Waals surface area contributed by atoms with Crippen LogP contribution in [-0.4, -0.2) is 22.6 Å². The summed E-state index contributed by atoms with van der Waals surface area (Å²) in [6, 6.07) is 17.4. The molecule has 144 valence electrons. The number of aromatic nitrogens is 1. The van der Waals surface area contributed by atoms with Gasteiger partial charge in [-0.3, -0.25) is 20.4 Å². The fourth-order valence-corrected chi connectivity index (χ4v) is 3.63. The van der Waals surface area contributed by atoms with Crippen LogP contribution in [0.15, 0.2) is 59.5 Å². The maximum atomic E-state index is 12.7. The number of hydrogen-bond acceptors (Lipinski definition) is 3. The molecule has 0 unspecified atom stereocenters. The molecule has 0 bridgehead atoms. The zero-order chi connectivity index (χ0) is 20.3. The lowest BCUT2D eigenvalue weighted by Gasteiger charge is -2.11. The summed E-state index contributed by atoms with van der Waals surface area (Å²) in [5.41, 5.74) is 9.74. The van der Waals surface area contributed by atoms with Crippen LogP contribution in [0.3, 0.4) is 0 Å². The second-order valence-corrected chi connectivity index (χ2v) is 7.42. The van der Waals surface area contributed by atoms with Crippen molar-refractivity contribution in [2.75, 3.05) is 6.26 Å². The van der Waals surface area contributed by atoms with Crippen LogP contribution in [0.25, 0.3) is 5.69 Å². The normalized spacial score (nSPS) is 10.6. The summed E-state index contributed by atoms with van der Waals surface area (Å²) < 4.78 is 2.02. The van der Waals surface area contributed by atoms with Crippen LogP contribution >= 0.6 is 11.8 Å². The highest BCUT2D eigenvalue weighted by molar-refractivity contribution is 7.98. The summed E-state index contributed by atoms with van der Waals surface area (Å²) in [4.78, 5) is 26.2. The molecule has 0 radical (unpaired) electrons. The van der Waals surface area contributed by atoms with Gasteiger partial charge in [-0.1, -0.05) is 24.3 Å². The first-order chi connectivity index (χ1) is 13.4. The molecule has 28 heavy (non-hydrogen) atoms. The number of amides is 2. The summed E-state index contributed by atoms with van der Waals surface area (Å²) in [6.45, 7) is 5.71. The number of nitrogens with one attached hydrogen (secondary N) is 2. The minimum atomic E-state index is -0.345. The van der Waals surface area contributed by atoms with E-state index in [0.717, 1.165) is 27.5 Å². The maximum Gasteiger partial charge on any atom is 0.271 e. The lowest BCUT2D eigenvalue weighted by molar-refractivity contribution is 0.0846. The number of hydrazine groups is 1. The molecule has 1 aromatic heterocycles. The molecule has 2 N–H and O–H groups in total. The number of hydrogen-bond donors (Lipinski definition) is 2. The van der Waals surface area contributed by atoms with Gasteiger partial charge in [0.05, 0.1) is 5.56 Å². The highest BCUT2D eigenvalue weighted by Crippen LogP contribution is 2.21. The van der Waals surface area contributed by atoms with Gasteiger partial charge in [0.25, 0.3) is 11.8 Å². The third-order valence-corrected chi connectivity index (χ3v) is 5.39. The van der Waals surface area contributed by atoms with Crippen LogP contribution in [0, 0.1) is 20.8 Å². The highest BCUT2D eigenvalue weighted by atomic mass is 32.2. The molecule has 0 spiro atoms. The lowest BCUT2D eigenvalue weighted by atomic mass is 10.1. The number of carbonyl (C=O) groups excluding carboxylic acids is 2. The fraction of sp³-hybridized carbons (Fsp3) is 0.182. The Morgan fingerprint density at radius 1 is 0.857 bits per heavy atom. The standard InChI is InChI=1S/C22H23N3O2S/c1-14-10-11-18(28-4)13-19(14)21(26)23-24-22(27)20-12-15(2)25(16(20)3)17-8-6-5-7-9-17/h5-13H,1-4H3,(H,23,26)(H,24,27). The topological polar surface area (TPSA) is 63.1 Å². The van der Waals surface area contributed by atoms with Gasteiger partial charge < -0.3 is 4.57 Å². The van der Waals surface area contributed by atoms with Crippen LogP contribution in [0.4, 0.5) is 0 Å². The van der Waals surface area contributed by atoms with Crippen molar-refractivity contribution in [1.82, 2.24) is 15.4 Å². The van der Waals surface area contributed by atoms with E-state index in [2.05, 4.69) is 10.9 Å². The Kier molecular flexibility index (Phi) is 5.90. The molecule has 0 aliphatic carbocycles. The minimum absolute atomic E-state index is 0.335. The van der Waals surface area contributed by atoms with E-state index in [-0.39, 0.29) is 11.8 Å². The van der Waals surface area contributed by atoms with Gasteiger partial charge in [0.1, 0.15) is 0 Å². The number of carbonyl (C=O) groups is 2. The molecule has 5 nitrogen and oxygen atoms in total. The van der Waals surface area contributed by atoms with E-state index in [1.165, 1.54) is 0 Å². The lowest BCUT2D eigenvalue weighted by Crippen LogP contribution is -2.42. The van der Waals surface area contributed by atoms with E-state index in [1.807, 2.05) is 86.2 Å². The third-order valence-electron chi connectivity index (χ3n) is 4.67. The first-order valence-electron chi connectivity index (χ1n) is 8.92. The van der Waals surface area contributed by atoms with E-state index < -0.39 is 0 Å². The largest absolute Gasteiger partial charge is 0.318 e. The average Bonchev–Trinajstić information content (AvgIpc) is 3.01. The van der Waals surface area contributed by atoms with Crippen molar-refractivity contribution in [3.05, 3.63) is 82.7 Å². The molecule has 0 aliphatic heterocycles. The van der Waals surface area contributed by atoms with Crippen LogP contribution in [0.2, 0.25) is 0 Å². The fourth-order valence-electron chi connectivity index (χ4n) is 3.19. The number of benzene rings is 2. The van der Waals surface area contributed by atoms with Crippen LogP contribution in [-0.2, 0) is 0 Å². The Bertz CT molecular complexity index is 1030. The quantitative estimate of drug-likeness (QED) is 0.516. The predicted molar refractivity (Wildman–Crippen MR) is 113 cm³/mol. The predicted octanol–water partition coefficient (Wildman–Crippen LogP) is 4.20. The number of nitrogens with zero attached hydrogens (tertiary/aromatic N) is 1. The molecular weight excluding hydrogens is 370 g/mol. The van der Waals surface area contributed by atoms with Gasteiger partial charge in [0, 0.05) is 27.5 Å². The molecular formula is C22H23N3O2S. The maximum absolute atomic E-state index is 12.7. The Labute approximate surface area is 169 Å². The van der Waals surface area contributed by atoms with Crippen molar-refractivity contribution < 1.29 is 9.59 Å². The van der Waals surface area contributed by atoms with Crippen molar-refractivity contribution in [3.63, 3.8) is 0 Å². The van der Waals surface area contributed by atoms with Crippen molar-refractivity contribution in [1.29, 1.82) is 0 Å². The second kappa shape index (κ2) is 8.35. The zero-order valence-electron chi connectivity index (χ0n) is 16.4. The van der Waals surface area contributed by atoms with Gasteiger partial charge >= 0.3 is 0 Å². The highest BCUT2D eigenvalue weighted by Gasteiger charge is 2.18. The number of rotatable bonds is 4. The monoisotopic (exact) mass is 393 g/mol. The van der Waals surface area contributed by atoms with E-state index in [1.54, 1.807) is 11.8 Å². The summed E-state index contributed by atoms with van der Waals surface area (Å²) in [6.07, 6.45) is 1.95. The molecule has 3 rings (SSSR count). The van der Waals surface area contributed by atoms with E-state index in [0.29, 0.717) is 11.1 Å². The number of thioether (sulfide) groups is 1. The van der Waals surface area contributed by atoms with Crippen LogP contribution in [0.5, 0.6) is 0 Å². The first-order valence-corrected chi connectivity index (χ1v) is 10.1. The van der Waals surface area contributed by atoms with Crippen LogP contribution < -0.4 is 10.9 Å². The van der Waals surface area contributed by atoms with Gasteiger partial charge in [-0.25, -0.2) is 0 Å². The van der Waals surface area contributed by atoms with Crippen molar-refractivity contribution in [2.45, 2.75) is 25.7 Å². The second-order valence-electron chi connectivity index (χ2n) is 6.54.